The molecule has 5 rings (SSSR count). The van der Waals surface area contributed by atoms with E-state index in [2.05, 4.69) is 15.5 Å². The zero-order chi connectivity index (χ0) is 21.9. The first-order chi connectivity index (χ1) is 15.7. The molecule has 1 N–H and O–H groups in total. The van der Waals surface area contributed by atoms with Gasteiger partial charge in [0, 0.05) is 28.3 Å². The largest absolute Gasteiger partial charge is 0.493 e. The number of amides is 1. The van der Waals surface area contributed by atoms with Crippen LogP contribution in [0.4, 0.5) is 4.39 Å². The van der Waals surface area contributed by atoms with Crippen LogP contribution < -0.4 is 10.1 Å². The molecular formula is C25H20FN3O2S. The lowest BCUT2D eigenvalue weighted by Gasteiger charge is -2.26. The summed E-state index contributed by atoms with van der Waals surface area (Å²) in [6.45, 7) is 0.579. The van der Waals surface area contributed by atoms with Gasteiger partial charge in [0.2, 0.25) is 5.91 Å². The lowest BCUT2D eigenvalue weighted by molar-refractivity contribution is -0.119. The van der Waals surface area contributed by atoms with Gasteiger partial charge in [-0.05, 0) is 30.3 Å². The van der Waals surface area contributed by atoms with Gasteiger partial charge in [0.05, 0.1) is 18.4 Å². The zero-order valence-electron chi connectivity index (χ0n) is 17.1. The van der Waals surface area contributed by atoms with Crippen LogP contribution in [0, 0.1) is 5.82 Å². The van der Waals surface area contributed by atoms with Crippen LogP contribution in [0.2, 0.25) is 0 Å². The summed E-state index contributed by atoms with van der Waals surface area (Å²) in [5, 5.41) is 14.4. The number of thioether (sulfide) groups is 1. The Kier molecular flexibility index (Phi) is 5.73. The SMILES string of the molecule is O=C(CSc1nnc(-c2ccc(F)cc2)c2ccccc12)NC1CCOc2ccccc21. The van der Waals surface area contributed by atoms with Gasteiger partial charge in [-0.2, -0.15) is 0 Å². The molecule has 0 spiro atoms. The van der Waals surface area contributed by atoms with E-state index in [1.807, 2.05) is 48.5 Å². The van der Waals surface area contributed by atoms with Gasteiger partial charge in [0.25, 0.3) is 0 Å². The van der Waals surface area contributed by atoms with Crippen LogP contribution in [0.5, 0.6) is 5.75 Å². The highest BCUT2D eigenvalue weighted by Crippen LogP contribution is 2.33. The Labute approximate surface area is 189 Å². The Hall–Kier alpha value is -3.45. The quantitative estimate of drug-likeness (QED) is 0.430. The first kappa shape index (κ1) is 20.5. The number of nitrogens with zero attached hydrogens (tertiary/aromatic N) is 2. The Morgan fingerprint density at radius 3 is 2.59 bits per heavy atom. The molecule has 0 radical (unpaired) electrons. The van der Waals surface area contributed by atoms with Crippen LogP contribution in [0.3, 0.4) is 0 Å². The minimum absolute atomic E-state index is 0.0586. The van der Waals surface area contributed by atoms with E-state index in [1.54, 1.807) is 12.1 Å². The number of hydrogen-bond acceptors (Lipinski definition) is 5. The van der Waals surface area contributed by atoms with Crippen molar-refractivity contribution in [1.82, 2.24) is 15.5 Å². The lowest BCUT2D eigenvalue weighted by Crippen LogP contribution is -2.33. The van der Waals surface area contributed by atoms with E-state index < -0.39 is 0 Å². The smallest absolute Gasteiger partial charge is 0.230 e. The summed E-state index contributed by atoms with van der Waals surface area (Å²) < 4.78 is 19.0. The second kappa shape index (κ2) is 8.96. The molecule has 1 atom stereocenters. The van der Waals surface area contributed by atoms with Crippen LogP contribution in [-0.2, 0) is 4.79 Å². The maximum atomic E-state index is 13.3. The van der Waals surface area contributed by atoms with E-state index >= 15 is 0 Å². The van der Waals surface area contributed by atoms with Crippen molar-refractivity contribution in [3.05, 3.63) is 84.2 Å². The number of carbonyl (C=O) groups is 1. The Balaban J connectivity index is 1.34. The number of halogens is 1. The summed E-state index contributed by atoms with van der Waals surface area (Å²) in [7, 11) is 0. The topological polar surface area (TPSA) is 64.1 Å². The van der Waals surface area contributed by atoms with Crippen molar-refractivity contribution >= 4 is 28.4 Å². The van der Waals surface area contributed by atoms with Crippen molar-refractivity contribution < 1.29 is 13.9 Å². The summed E-state index contributed by atoms with van der Waals surface area (Å²) in [5.74, 6) is 0.695. The molecule has 0 fully saturated rings. The molecule has 4 aromatic rings. The van der Waals surface area contributed by atoms with Crippen molar-refractivity contribution in [2.24, 2.45) is 0 Å². The third kappa shape index (κ3) is 4.16. The number of aromatic nitrogens is 2. The number of fused-ring (bicyclic) bond motifs is 2. The van der Waals surface area contributed by atoms with Gasteiger partial charge >= 0.3 is 0 Å². The molecule has 5 nitrogen and oxygen atoms in total. The summed E-state index contributed by atoms with van der Waals surface area (Å²) in [6.07, 6.45) is 0.739. The summed E-state index contributed by atoms with van der Waals surface area (Å²) in [6, 6.07) is 21.7. The van der Waals surface area contributed by atoms with Crippen molar-refractivity contribution in [2.75, 3.05) is 12.4 Å². The lowest BCUT2D eigenvalue weighted by atomic mass is 10.0. The number of benzene rings is 3. The minimum Gasteiger partial charge on any atom is -0.493 e. The Bertz CT molecular complexity index is 1280. The molecule has 3 aromatic carbocycles. The van der Waals surface area contributed by atoms with Crippen molar-refractivity contribution in [1.29, 1.82) is 0 Å². The van der Waals surface area contributed by atoms with E-state index in [1.165, 1.54) is 23.9 Å². The van der Waals surface area contributed by atoms with Crippen LogP contribution >= 0.6 is 11.8 Å². The molecule has 1 amide bonds. The van der Waals surface area contributed by atoms with E-state index in [0.717, 1.165) is 34.1 Å². The molecule has 7 heteroatoms. The van der Waals surface area contributed by atoms with Gasteiger partial charge < -0.3 is 10.1 Å². The predicted octanol–water partition coefficient (Wildman–Crippen LogP) is 5.17. The molecule has 1 aliphatic rings. The van der Waals surface area contributed by atoms with Crippen LogP contribution in [0.15, 0.2) is 77.8 Å². The standard InChI is InChI=1S/C25H20FN3O2S/c26-17-11-9-16(10-12-17)24-18-5-1-2-6-19(18)25(29-28-24)32-15-23(30)27-21-13-14-31-22-8-4-3-7-20(21)22/h1-12,21H,13-15H2,(H,27,30). The van der Waals surface area contributed by atoms with Crippen LogP contribution in [-0.4, -0.2) is 28.5 Å². The van der Waals surface area contributed by atoms with Gasteiger partial charge in [-0.3, -0.25) is 4.79 Å². The zero-order valence-corrected chi connectivity index (χ0v) is 17.9. The molecule has 1 aliphatic heterocycles. The molecular weight excluding hydrogens is 425 g/mol. The van der Waals surface area contributed by atoms with Crippen molar-refractivity contribution in [2.45, 2.75) is 17.5 Å². The molecule has 0 bridgehead atoms. The van der Waals surface area contributed by atoms with Gasteiger partial charge in [0.1, 0.15) is 22.3 Å². The first-order valence-corrected chi connectivity index (χ1v) is 11.3. The predicted molar refractivity (Wildman–Crippen MR) is 123 cm³/mol. The van der Waals surface area contributed by atoms with Gasteiger partial charge in [-0.25, -0.2) is 4.39 Å². The number of rotatable bonds is 5. The van der Waals surface area contributed by atoms with Crippen molar-refractivity contribution in [3.63, 3.8) is 0 Å². The summed E-state index contributed by atoms with van der Waals surface area (Å²) in [4.78, 5) is 12.7. The second-order valence-corrected chi connectivity index (χ2v) is 8.45. The van der Waals surface area contributed by atoms with E-state index in [-0.39, 0.29) is 23.5 Å². The number of para-hydroxylation sites is 1. The molecule has 2 heterocycles. The normalized spacial score (nSPS) is 15.1. The molecule has 160 valence electrons. The molecule has 0 aliphatic carbocycles. The van der Waals surface area contributed by atoms with Gasteiger partial charge in [-0.1, -0.05) is 54.2 Å². The maximum absolute atomic E-state index is 13.3. The number of carbonyl (C=O) groups excluding carboxylic acids is 1. The third-order valence-electron chi connectivity index (χ3n) is 5.40. The van der Waals surface area contributed by atoms with E-state index in [0.29, 0.717) is 17.3 Å². The van der Waals surface area contributed by atoms with Gasteiger partial charge in [-0.15, -0.1) is 10.2 Å². The monoisotopic (exact) mass is 445 g/mol. The number of hydrogen-bond donors (Lipinski definition) is 1. The average molecular weight is 446 g/mol. The second-order valence-electron chi connectivity index (χ2n) is 7.49. The fourth-order valence-electron chi connectivity index (χ4n) is 3.87. The number of ether oxygens (including phenoxy) is 1. The average Bonchev–Trinajstić information content (AvgIpc) is 2.83. The fraction of sp³-hybridized carbons (Fsp3) is 0.160. The van der Waals surface area contributed by atoms with E-state index in [4.69, 9.17) is 4.74 Å². The number of nitrogens with one attached hydrogen (secondary N) is 1. The maximum Gasteiger partial charge on any atom is 0.230 e. The van der Waals surface area contributed by atoms with Crippen molar-refractivity contribution in [3.8, 4) is 17.0 Å². The van der Waals surface area contributed by atoms with E-state index in [9.17, 15) is 9.18 Å². The molecule has 1 unspecified atom stereocenters. The molecule has 0 saturated carbocycles. The highest BCUT2D eigenvalue weighted by atomic mass is 32.2. The molecule has 1 aromatic heterocycles. The van der Waals surface area contributed by atoms with Crippen LogP contribution in [0.1, 0.15) is 18.0 Å². The fourth-order valence-corrected chi connectivity index (χ4v) is 4.65. The minimum atomic E-state index is -0.295. The Morgan fingerprint density at radius 2 is 1.75 bits per heavy atom. The summed E-state index contributed by atoms with van der Waals surface area (Å²) in [5.41, 5.74) is 2.49. The first-order valence-electron chi connectivity index (χ1n) is 10.3. The third-order valence-corrected chi connectivity index (χ3v) is 6.39. The molecule has 32 heavy (non-hydrogen) atoms. The highest BCUT2D eigenvalue weighted by molar-refractivity contribution is 8.00. The van der Waals surface area contributed by atoms with Crippen LogP contribution in [0.25, 0.3) is 22.0 Å². The Morgan fingerprint density at radius 1 is 1.00 bits per heavy atom. The summed E-state index contributed by atoms with van der Waals surface area (Å²) >= 11 is 1.36. The highest BCUT2D eigenvalue weighted by Gasteiger charge is 2.23. The molecule has 0 saturated heterocycles. The van der Waals surface area contributed by atoms with Gasteiger partial charge in [0.15, 0.2) is 0 Å².